The summed E-state index contributed by atoms with van der Waals surface area (Å²) in [7, 11) is 0. The van der Waals surface area contributed by atoms with Gasteiger partial charge in [0.05, 0.1) is 24.0 Å². The van der Waals surface area contributed by atoms with Crippen molar-refractivity contribution in [3.63, 3.8) is 0 Å². The number of halogens is 1. The molecule has 0 N–H and O–H groups in total. The normalized spacial score (nSPS) is 11.4. The molecule has 0 fully saturated rings. The second kappa shape index (κ2) is 9.30. The van der Waals surface area contributed by atoms with E-state index in [-0.39, 0.29) is 11.1 Å². The lowest BCUT2D eigenvalue weighted by Crippen LogP contribution is -2.34. The summed E-state index contributed by atoms with van der Waals surface area (Å²) < 4.78 is 12.0. The zero-order valence-electron chi connectivity index (χ0n) is 17.8. The van der Waals surface area contributed by atoms with Crippen LogP contribution in [-0.4, -0.2) is 44.1 Å². The summed E-state index contributed by atoms with van der Waals surface area (Å²) in [5, 5.41) is 4.76. The van der Waals surface area contributed by atoms with Gasteiger partial charge in [-0.25, -0.2) is 19.5 Å². The third-order valence-corrected chi connectivity index (χ3v) is 4.30. The van der Waals surface area contributed by atoms with E-state index in [1.807, 2.05) is 6.92 Å². The number of amides is 1. The van der Waals surface area contributed by atoms with E-state index in [1.54, 1.807) is 45.0 Å². The first kappa shape index (κ1) is 22.5. The first-order valence-electron chi connectivity index (χ1n) is 9.86. The molecule has 0 aliphatic carbocycles. The minimum absolute atomic E-state index is 0.00483. The molecule has 164 valence electrons. The van der Waals surface area contributed by atoms with E-state index >= 15 is 0 Å². The van der Waals surface area contributed by atoms with Crippen molar-refractivity contribution >= 4 is 46.2 Å². The standard InChI is InChI=1S/C21H24ClN5O4/c1-5-6-11-30-20(29)27-16-8-7-15(12-14(16)13-24-27)26(19(28)31-21(2,3)4)17-9-10-23-18(22)25-17/h7-10,12-13H,5-6,11H2,1-4H3. The lowest BCUT2D eigenvalue weighted by atomic mass is 10.2. The number of benzene rings is 1. The number of hydrogen-bond donors (Lipinski definition) is 0. The summed E-state index contributed by atoms with van der Waals surface area (Å²) >= 11 is 5.93. The van der Waals surface area contributed by atoms with Crippen molar-refractivity contribution in [1.82, 2.24) is 19.7 Å². The van der Waals surface area contributed by atoms with Crippen LogP contribution in [0.1, 0.15) is 40.5 Å². The number of anilines is 2. The average molecular weight is 446 g/mol. The van der Waals surface area contributed by atoms with Crippen LogP contribution in [0, 0.1) is 0 Å². The van der Waals surface area contributed by atoms with Gasteiger partial charge in [-0.15, -0.1) is 0 Å². The van der Waals surface area contributed by atoms with Crippen molar-refractivity contribution in [3.8, 4) is 0 Å². The first-order chi connectivity index (χ1) is 14.7. The van der Waals surface area contributed by atoms with Gasteiger partial charge in [-0.2, -0.15) is 14.8 Å². The number of ether oxygens (including phenoxy) is 2. The molecule has 2 aromatic heterocycles. The van der Waals surface area contributed by atoms with Crippen molar-refractivity contribution in [3.05, 3.63) is 41.9 Å². The fraction of sp³-hybridized carbons (Fsp3) is 0.381. The maximum absolute atomic E-state index is 13.0. The van der Waals surface area contributed by atoms with Crippen LogP contribution in [0.25, 0.3) is 10.9 Å². The summed E-state index contributed by atoms with van der Waals surface area (Å²) in [4.78, 5) is 34.6. The number of rotatable bonds is 5. The summed E-state index contributed by atoms with van der Waals surface area (Å²) in [6.07, 6.45) is 3.49. The average Bonchev–Trinajstić information content (AvgIpc) is 3.10. The van der Waals surface area contributed by atoms with E-state index in [4.69, 9.17) is 21.1 Å². The molecule has 3 rings (SSSR count). The summed E-state index contributed by atoms with van der Waals surface area (Å²) in [6.45, 7) is 7.66. The summed E-state index contributed by atoms with van der Waals surface area (Å²) in [5.41, 5.74) is 0.300. The molecule has 0 saturated carbocycles. The van der Waals surface area contributed by atoms with E-state index < -0.39 is 17.8 Å². The molecule has 0 aliphatic rings. The predicted molar refractivity (Wildman–Crippen MR) is 117 cm³/mol. The largest absolute Gasteiger partial charge is 0.448 e. The lowest BCUT2D eigenvalue weighted by molar-refractivity contribution is 0.0598. The van der Waals surface area contributed by atoms with Crippen molar-refractivity contribution < 1.29 is 19.1 Å². The minimum Gasteiger partial charge on any atom is -0.448 e. The van der Waals surface area contributed by atoms with Crippen molar-refractivity contribution in [2.75, 3.05) is 11.5 Å². The van der Waals surface area contributed by atoms with Crippen LogP contribution in [-0.2, 0) is 9.47 Å². The topological polar surface area (TPSA) is 99.4 Å². The third kappa shape index (κ3) is 5.49. The van der Waals surface area contributed by atoms with Gasteiger partial charge in [0.2, 0.25) is 5.28 Å². The SMILES string of the molecule is CCCCOC(=O)n1ncc2cc(N(C(=O)OC(C)(C)C)c3ccnc(Cl)n3)ccc21. The Bertz CT molecular complexity index is 1090. The van der Waals surface area contributed by atoms with Gasteiger partial charge in [0.15, 0.2) is 0 Å². The van der Waals surface area contributed by atoms with E-state index in [0.717, 1.165) is 12.8 Å². The van der Waals surface area contributed by atoms with Gasteiger partial charge in [0.25, 0.3) is 0 Å². The molecule has 0 radical (unpaired) electrons. The van der Waals surface area contributed by atoms with Gasteiger partial charge in [-0.1, -0.05) is 13.3 Å². The van der Waals surface area contributed by atoms with E-state index in [2.05, 4.69) is 15.1 Å². The van der Waals surface area contributed by atoms with Crippen LogP contribution in [0.3, 0.4) is 0 Å². The Morgan fingerprint density at radius 1 is 1.23 bits per heavy atom. The monoisotopic (exact) mass is 445 g/mol. The number of carbonyl (C=O) groups is 2. The van der Waals surface area contributed by atoms with Crippen LogP contribution in [0.5, 0.6) is 0 Å². The lowest BCUT2D eigenvalue weighted by Gasteiger charge is -2.26. The molecule has 9 nitrogen and oxygen atoms in total. The zero-order chi connectivity index (χ0) is 22.6. The smallest absolute Gasteiger partial charge is 0.435 e. The van der Waals surface area contributed by atoms with Crippen molar-refractivity contribution in [1.29, 1.82) is 0 Å². The summed E-state index contributed by atoms with van der Waals surface area (Å²) in [5.74, 6) is 0.250. The van der Waals surface area contributed by atoms with Crippen LogP contribution < -0.4 is 4.90 Å². The highest BCUT2D eigenvalue weighted by molar-refractivity contribution is 6.28. The first-order valence-corrected chi connectivity index (χ1v) is 10.2. The Morgan fingerprint density at radius 2 is 2.00 bits per heavy atom. The third-order valence-electron chi connectivity index (χ3n) is 4.12. The number of fused-ring (bicyclic) bond motifs is 1. The Morgan fingerprint density at radius 3 is 2.68 bits per heavy atom. The number of nitrogens with zero attached hydrogens (tertiary/aromatic N) is 5. The number of unbranched alkanes of at least 4 members (excludes halogenated alkanes) is 1. The quantitative estimate of drug-likeness (QED) is 0.386. The molecule has 31 heavy (non-hydrogen) atoms. The fourth-order valence-electron chi connectivity index (χ4n) is 2.76. The van der Waals surface area contributed by atoms with Crippen LogP contribution in [0.4, 0.5) is 21.1 Å². The number of aromatic nitrogens is 4. The molecule has 3 aromatic rings. The molecule has 10 heteroatoms. The molecule has 0 spiro atoms. The Balaban J connectivity index is 1.98. The molecule has 1 amide bonds. The Hall–Kier alpha value is -3.20. The zero-order valence-corrected chi connectivity index (χ0v) is 18.6. The second-order valence-electron chi connectivity index (χ2n) is 7.77. The number of carbonyl (C=O) groups excluding carboxylic acids is 2. The molecule has 0 aliphatic heterocycles. The van der Waals surface area contributed by atoms with Gasteiger partial charge >= 0.3 is 12.2 Å². The fourth-order valence-corrected chi connectivity index (χ4v) is 2.90. The highest BCUT2D eigenvalue weighted by Crippen LogP contribution is 2.30. The minimum atomic E-state index is -0.719. The maximum atomic E-state index is 13.0. The molecule has 0 saturated heterocycles. The molecular formula is C21H24ClN5O4. The molecule has 1 aromatic carbocycles. The Labute approximate surface area is 184 Å². The van der Waals surface area contributed by atoms with Crippen LogP contribution in [0.2, 0.25) is 5.28 Å². The van der Waals surface area contributed by atoms with Gasteiger partial charge in [-0.05, 0) is 57.0 Å². The van der Waals surface area contributed by atoms with Gasteiger partial charge < -0.3 is 9.47 Å². The van der Waals surface area contributed by atoms with Gasteiger partial charge in [0.1, 0.15) is 11.4 Å². The second-order valence-corrected chi connectivity index (χ2v) is 8.11. The Kier molecular flexibility index (Phi) is 6.74. The molecule has 0 unspecified atom stereocenters. The molecule has 0 atom stereocenters. The number of hydrogen-bond acceptors (Lipinski definition) is 7. The van der Waals surface area contributed by atoms with Gasteiger partial charge in [0, 0.05) is 17.6 Å². The highest BCUT2D eigenvalue weighted by Gasteiger charge is 2.27. The van der Waals surface area contributed by atoms with E-state index in [9.17, 15) is 9.59 Å². The molecular weight excluding hydrogens is 422 g/mol. The summed E-state index contributed by atoms with van der Waals surface area (Å²) in [6, 6.07) is 6.60. The molecule has 2 heterocycles. The molecule has 0 bridgehead atoms. The maximum Gasteiger partial charge on any atom is 0.435 e. The van der Waals surface area contributed by atoms with Gasteiger partial charge in [-0.3, -0.25) is 0 Å². The highest BCUT2D eigenvalue weighted by atomic mass is 35.5. The van der Waals surface area contributed by atoms with Crippen LogP contribution >= 0.6 is 11.6 Å². The predicted octanol–water partition coefficient (Wildman–Crippen LogP) is 5.34. The van der Waals surface area contributed by atoms with Crippen LogP contribution in [0.15, 0.2) is 36.7 Å². The van der Waals surface area contributed by atoms with E-state index in [1.165, 1.54) is 22.0 Å². The van der Waals surface area contributed by atoms with E-state index in [0.29, 0.717) is 23.2 Å². The van der Waals surface area contributed by atoms with Crippen molar-refractivity contribution in [2.24, 2.45) is 0 Å². The van der Waals surface area contributed by atoms with Crippen molar-refractivity contribution in [2.45, 2.75) is 46.1 Å².